The predicted molar refractivity (Wildman–Crippen MR) is 120 cm³/mol. The van der Waals surface area contributed by atoms with E-state index >= 15 is 0 Å². The summed E-state index contributed by atoms with van der Waals surface area (Å²) in [7, 11) is 1.25. The smallest absolute Gasteiger partial charge is 0.465 e. The first-order valence-corrected chi connectivity index (χ1v) is 10.7. The molecule has 0 bridgehead atoms. The summed E-state index contributed by atoms with van der Waals surface area (Å²) in [6.45, 7) is 0.177. The van der Waals surface area contributed by atoms with Crippen LogP contribution in [-0.4, -0.2) is 61.3 Å². The van der Waals surface area contributed by atoms with Crippen molar-refractivity contribution in [3.63, 3.8) is 0 Å². The van der Waals surface area contributed by atoms with Crippen molar-refractivity contribution in [3.05, 3.63) is 59.7 Å². The Balaban J connectivity index is 1.65. The highest BCUT2D eigenvalue weighted by Gasteiger charge is 2.36. The number of nitrogens with one attached hydrogen (secondary N) is 3. The second-order valence-corrected chi connectivity index (χ2v) is 7.65. The lowest BCUT2D eigenvalue weighted by Crippen LogP contribution is -2.59. The number of esters is 1. The maximum Gasteiger partial charge on any atom is 0.573 e. The molecule has 3 N–H and O–H groups in total. The number of alkyl halides is 3. The van der Waals surface area contributed by atoms with Gasteiger partial charge in [0.25, 0.3) is 0 Å². The maximum absolute atomic E-state index is 12.9. The molecule has 0 spiro atoms. The van der Waals surface area contributed by atoms with Gasteiger partial charge in [-0.25, -0.2) is 9.59 Å². The Labute approximate surface area is 203 Å². The highest BCUT2D eigenvalue weighted by molar-refractivity contribution is 5.97. The zero-order valence-electron chi connectivity index (χ0n) is 19.1. The summed E-state index contributed by atoms with van der Waals surface area (Å²) in [6, 6.07) is 9.29. The number of methoxy groups -OCH3 is 1. The summed E-state index contributed by atoms with van der Waals surface area (Å²) in [4.78, 5) is 50.6. The average Bonchev–Trinajstić information content (AvgIpc) is 2.84. The highest BCUT2D eigenvalue weighted by atomic mass is 19.4. The Kier molecular flexibility index (Phi) is 8.35. The molecule has 1 fully saturated rings. The minimum Gasteiger partial charge on any atom is -0.465 e. The van der Waals surface area contributed by atoms with Crippen LogP contribution in [0.4, 0.5) is 23.7 Å². The molecule has 13 heteroatoms. The Morgan fingerprint density at radius 2 is 1.89 bits per heavy atom. The third-order valence-corrected chi connectivity index (χ3v) is 5.16. The Bertz CT molecular complexity index is 1140. The fourth-order valence-electron chi connectivity index (χ4n) is 3.51. The van der Waals surface area contributed by atoms with Gasteiger partial charge in [-0.1, -0.05) is 24.3 Å². The summed E-state index contributed by atoms with van der Waals surface area (Å²) in [6.07, 6.45) is -5.36. The first-order valence-electron chi connectivity index (χ1n) is 10.7. The number of rotatable bonds is 7. The quantitative estimate of drug-likeness (QED) is 0.494. The first kappa shape index (κ1) is 26.3. The van der Waals surface area contributed by atoms with Gasteiger partial charge in [-0.2, -0.15) is 0 Å². The third-order valence-electron chi connectivity index (χ3n) is 5.16. The van der Waals surface area contributed by atoms with Gasteiger partial charge in [-0.3, -0.25) is 9.59 Å². The van der Waals surface area contributed by atoms with Gasteiger partial charge in [0.2, 0.25) is 11.8 Å². The van der Waals surface area contributed by atoms with Crippen molar-refractivity contribution in [2.24, 2.45) is 0 Å². The molecule has 0 radical (unpaired) electrons. The van der Waals surface area contributed by atoms with Crippen LogP contribution in [0.2, 0.25) is 0 Å². The molecule has 36 heavy (non-hydrogen) atoms. The molecule has 192 valence electrons. The summed E-state index contributed by atoms with van der Waals surface area (Å²) >= 11 is 0. The average molecular weight is 508 g/mol. The van der Waals surface area contributed by atoms with Crippen LogP contribution in [0.25, 0.3) is 0 Å². The Morgan fingerprint density at radius 1 is 1.14 bits per heavy atom. The number of nitrogens with zero attached hydrogens (tertiary/aromatic N) is 1. The molecular weight excluding hydrogens is 485 g/mol. The molecule has 1 unspecified atom stereocenters. The van der Waals surface area contributed by atoms with E-state index in [1.165, 1.54) is 25.3 Å². The number of carbonyl (C=O) groups is 4. The molecule has 1 heterocycles. The molecule has 0 aliphatic carbocycles. The van der Waals surface area contributed by atoms with Crippen molar-refractivity contribution in [1.82, 2.24) is 15.5 Å². The fourth-order valence-corrected chi connectivity index (χ4v) is 3.51. The van der Waals surface area contributed by atoms with Crippen molar-refractivity contribution in [2.75, 3.05) is 25.5 Å². The summed E-state index contributed by atoms with van der Waals surface area (Å²) in [5.74, 6) is -2.30. The molecule has 2 aromatic rings. The zero-order chi connectivity index (χ0) is 26.3. The zero-order valence-corrected chi connectivity index (χ0v) is 19.1. The minimum absolute atomic E-state index is 0.0268. The number of halogens is 3. The molecule has 1 aliphatic heterocycles. The molecule has 0 saturated carbocycles. The van der Waals surface area contributed by atoms with Gasteiger partial charge in [-0.15, -0.1) is 13.2 Å². The number of hydrogen-bond acceptors (Lipinski definition) is 6. The van der Waals surface area contributed by atoms with Crippen molar-refractivity contribution in [1.29, 1.82) is 0 Å². The monoisotopic (exact) mass is 508 g/mol. The minimum atomic E-state index is -4.97. The van der Waals surface area contributed by atoms with E-state index in [-0.39, 0.29) is 25.3 Å². The summed E-state index contributed by atoms with van der Waals surface area (Å²) in [5.41, 5.74) is 0.656. The largest absolute Gasteiger partial charge is 0.573 e. The van der Waals surface area contributed by atoms with Crippen molar-refractivity contribution in [2.45, 2.75) is 25.4 Å². The van der Waals surface area contributed by atoms with Crippen LogP contribution in [-0.2, 0) is 20.9 Å². The van der Waals surface area contributed by atoms with Gasteiger partial charge in [0.05, 0.1) is 24.8 Å². The molecule has 1 atom stereocenters. The molecule has 1 aliphatic rings. The highest BCUT2D eigenvalue weighted by Crippen LogP contribution is 2.30. The van der Waals surface area contributed by atoms with Crippen LogP contribution in [0.1, 0.15) is 22.3 Å². The van der Waals surface area contributed by atoms with Crippen molar-refractivity contribution >= 4 is 29.5 Å². The lowest BCUT2D eigenvalue weighted by molar-refractivity contribution is -0.274. The number of para-hydroxylation sites is 2. The van der Waals surface area contributed by atoms with Crippen LogP contribution >= 0.6 is 0 Å². The van der Waals surface area contributed by atoms with Crippen molar-refractivity contribution in [3.8, 4) is 5.75 Å². The van der Waals surface area contributed by atoms with Gasteiger partial charge in [0.1, 0.15) is 6.04 Å². The molecule has 3 rings (SSSR count). The van der Waals surface area contributed by atoms with E-state index in [4.69, 9.17) is 0 Å². The van der Waals surface area contributed by atoms with Crippen LogP contribution < -0.4 is 20.7 Å². The Hall–Kier alpha value is -4.29. The van der Waals surface area contributed by atoms with E-state index in [1.54, 1.807) is 24.3 Å². The number of anilines is 1. The van der Waals surface area contributed by atoms with E-state index in [0.717, 1.165) is 11.0 Å². The van der Waals surface area contributed by atoms with Gasteiger partial charge >= 0.3 is 18.4 Å². The number of benzene rings is 2. The normalized spacial score (nSPS) is 15.5. The topological polar surface area (TPSA) is 126 Å². The number of carbonyl (C=O) groups excluding carboxylic acids is 4. The molecule has 2 aromatic carbocycles. The van der Waals surface area contributed by atoms with E-state index in [1.807, 2.05) is 0 Å². The van der Waals surface area contributed by atoms with E-state index < -0.39 is 48.4 Å². The van der Waals surface area contributed by atoms with Gasteiger partial charge < -0.3 is 30.3 Å². The number of hydrogen-bond donors (Lipinski definition) is 3. The third kappa shape index (κ3) is 7.10. The standard InChI is InChI=1S/C23H23F3N4O6/c1-35-21(33)15-6-4-5-14(11-15)13-28-19(31)12-17-20(32)27-9-10-30(17)22(34)29-16-7-2-3-8-18(16)36-23(24,25)26/h2-8,11,17H,9-10,12-13H2,1H3,(H,27,32)(H,28,31)(H,29,34). The van der Waals surface area contributed by atoms with Crippen LogP contribution in [0.3, 0.4) is 0 Å². The SMILES string of the molecule is COC(=O)c1cccc(CNC(=O)CC2C(=O)NCCN2C(=O)Nc2ccccc2OC(F)(F)F)c1. The van der Waals surface area contributed by atoms with Gasteiger partial charge in [0.15, 0.2) is 5.75 Å². The van der Waals surface area contributed by atoms with Crippen LogP contribution in [0, 0.1) is 0 Å². The number of ether oxygens (including phenoxy) is 2. The predicted octanol–water partition coefficient (Wildman–Crippen LogP) is 2.41. The van der Waals surface area contributed by atoms with Crippen molar-refractivity contribution < 1.29 is 41.8 Å². The molecule has 10 nitrogen and oxygen atoms in total. The van der Waals surface area contributed by atoms with E-state index in [2.05, 4.69) is 25.4 Å². The second kappa shape index (κ2) is 11.4. The molecule has 4 amide bonds. The lowest BCUT2D eigenvalue weighted by atomic mass is 10.1. The summed E-state index contributed by atoms with van der Waals surface area (Å²) in [5, 5.41) is 7.50. The second-order valence-electron chi connectivity index (χ2n) is 7.65. The van der Waals surface area contributed by atoms with E-state index in [0.29, 0.717) is 11.1 Å². The van der Waals surface area contributed by atoms with Crippen LogP contribution in [0.15, 0.2) is 48.5 Å². The van der Waals surface area contributed by atoms with Crippen LogP contribution in [0.5, 0.6) is 5.75 Å². The number of amides is 4. The maximum atomic E-state index is 12.9. The molecule has 1 saturated heterocycles. The lowest BCUT2D eigenvalue weighted by Gasteiger charge is -2.34. The van der Waals surface area contributed by atoms with Gasteiger partial charge in [-0.05, 0) is 29.8 Å². The van der Waals surface area contributed by atoms with E-state index in [9.17, 15) is 32.3 Å². The fraction of sp³-hybridized carbons (Fsp3) is 0.304. The molecular formula is C23H23F3N4O6. The van der Waals surface area contributed by atoms with Gasteiger partial charge in [0, 0.05) is 19.6 Å². The number of piperazine rings is 1. The molecule has 0 aromatic heterocycles. The first-order chi connectivity index (χ1) is 17.1. The summed E-state index contributed by atoms with van der Waals surface area (Å²) < 4.78 is 46.6. The number of urea groups is 1. The Morgan fingerprint density at radius 3 is 2.61 bits per heavy atom.